The standard InChI is InChI=1S/C26H28N2O3/c1-27(17-19-9-4-3-5-10-19)25(29)20-11-8-16-28(18-20)26(30)23-14-15-24(31-2)22-13-7-6-12-21(22)23/h3-7,9-10,12-15,20H,8,11,16-18H2,1-2H3/t20-/m1/s1. The van der Waals surface area contributed by atoms with E-state index < -0.39 is 0 Å². The van der Waals surface area contributed by atoms with E-state index in [4.69, 9.17) is 4.74 Å². The molecule has 0 aliphatic carbocycles. The molecule has 1 aliphatic heterocycles. The highest BCUT2D eigenvalue weighted by Crippen LogP contribution is 2.30. The molecule has 2 amide bonds. The lowest BCUT2D eigenvalue weighted by molar-refractivity contribution is -0.136. The van der Waals surface area contributed by atoms with E-state index >= 15 is 0 Å². The van der Waals surface area contributed by atoms with E-state index in [1.807, 2.05) is 78.7 Å². The van der Waals surface area contributed by atoms with Crippen LogP contribution in [0.4, 0.5) is 0 Å². The number of hydrogen-bond donors (Lipinski definition) is 0. The molecule has 0 unspecified atom stereocenters. The summed E-state index contributed by atoms with van der Waals surface area (Å²) < 4.78 is 5.46. The Morgan fingerprint density at radius 2 is 1.71 bits per heavy atom. The average Bonchev–Trinajstić information content (AvgIpc) is 2.83. The van der Waals surface area contributed by atoms with Crippen LogP contribution in [0.2, 0.25) is 0 Å². The number of ether oxygens (including phenoxy) is 1. The quantitative estimate of drug-likeness (QED) is 0.621. The first-order chi connectivity index (χ1) is 15.1. The molecule has 1 fully saturated rings. The number of hydrogen-bond acceptors (Lipinski definition) is 3. The lowest BCUT2D eigenvalue weighted by Gasteiger charge is -2.34. The second-order valence-electron chi connectivity index (χ2n) is 8.13. The number of piperidine rings is 1. The zero-order chi connectivity index (χ0) is 21.8. The first kappa shape index (κ1) is 20.9. The fourth-order valence-electron chi connectivity index (χ4n) is 4.42. The monoisotopic (exact) mass is 416 g/mol. The molecule has 0 spiro atoms. The van der Waals surface area contributed by atoms with E-state index in [0.717, 1.165) is 34.9 Å². The van der Waals surface area contributed by atoms with Crippen LogP contribution in [-0.2, 0) is 11.3 Å². The summed E-state index contributed by atoms with van der Waals surface area (Å²) in [6.07, 6.45) is 1.64. The Morgan fingerprint density at radius 1 is 1.00 bits per heavy atom. The van der Waals surface area contributed by atoms with E-state index in [1.165, 1.54) is 0 Å². The van der Waals surface area contributed by atoms with Crippen molar-refractivity contribution < 1.29 is 14.3 Å². The van der Waals surface area contributed by atoms with E-state index in [1.54, 1.807) is 12.0 Å². The van der Waals surface area contributed by atoms with Gasteiger partial charge in [0.2, 0.25) is 5.91 Å². The fourth-order valence-corrected chi connectivity index (χ4v) is 4.42. The lowest BCUT2D eigenvalue weighted by atomic mass is 9.95. The van der Waals surface area contributed by atoms with Gasteiger partial charge in [0.25, 0.3) is 5.91 Å². The Hall–Kier alpha value is -3.34. The number of fused-ring (bicyclic) bond motifs is 1. The van der Waals surface area contributed by atoms with Gasteiger partial charge in [0.05, 0.1) is 13.0 Å². The van der Waals surface area contributed by atoms with Gasteiger partial charge in [-0.25, -0.2) is 0 Å². The lowest BCUT2D eigenvalue weighted by Crippen LogP contribution is -2.45. The average molecular weight is 417 g/mol. The molecule has 0 bridgehead atoms. The number of rotatable bonds is 5. The molecular weight excluding hydrogens is 388 g/mol. The third kappa shape index (κ3) is 4.41. The Balaban J connectivity index is 1.50. The van der Waals surface area contributed by atoms with Gasteiger partial charge in [-0.3, -0.25) is 9.59 Å². The maximum atomic E-state index is 13.4. The molecule has 3 aromatic rings. The minimum absolute atomic E-state index is 0.0259. The van der Waals surface area contributed by atoms with Crippen molar-refractivity contribution in [1.82, 2.24) is 9.80 Å². The molecule has 31 heavy (non-hydrogen) atoms. The number of methoxy groups -OCH3 is 1. The van der Waals surface area contributed by atoms with E-state index in [9.17, 15) is 9.59 Å². The van der Waals surface area contributed by atoms with Crippen LogP contribution in [0.3, 0.4) is 0 Å². The molecule has 1 aliphatic rings. The smallest absolute Gasteiger partial charge is 0.254 e. The van der Waals surface area contributed by atoms with Crippen molar-refractivity contribution in [2.75, 3.05) is 27.2 Å². The Bertz CT molecular complexity index is 1080. The summed E-state index contributed by atoms with van der Waals surface area (Å²) >= 11 is 0. The molecule has 5 heteroatoms. The molecule has 0 N–H and O–H groups in total. The maximum Gasteiger partial charge on any atom is 0.254 e. The Labute approximate surface area is 183 Å². The Kier molecular flexibility index (Phi) is 6.21. The number of carbonyl (C=O) groups is 2. The van der Waals surface area contributed by atoms with Gasteiger partial charge in [-0.1, -0.05) is 54.6 Å². The number of nitrogens with zero attached hydrogens (tertiary/aromatic N) is 2. The van der Waals surface area contributed by atoms with Gasteiger partial charge in [-0.05, 0) is 35.9 Å². The molecule has 0 saturated carbocycles. The first-order valence-electron chi connectivity index (χ1n) is 10.7. The summed E-state index contributed by atoms with van der Waals surface area (Å²) in [5.74, 6) is 0.653. The molecule has 1 atom stereocenters. The fraction of sp³-hybridized carbons (Fsp3) is 0.308. The Morgan fingerprint density at radius 3 is 2.45 bits per heavy atom. The van der Waals surface area contributed by atoms with Crippen molar-refractivity contribution in [2.45, 2.75) is 19.4 Å². The molecular formula is C26H28N2O3. The number of carbonyl (C=O) groups excluding carboxylic acids is 2. The summed E-state index contributed by atoms with van der Waals surface area (Å²) in [5, 5.41) is 1.80. The summed E-state index contributed by atoms with van der Waals surface area (Å²) in [6.45, 7) is 1.70. The van der Waals surface area contributed by atoms with Crippen LogP contribution in [0.1, 0.15) is 28.8 Å². The van der Waals surface area contributed by atoms with Gasteiger partial charge < -0.3 is 14.5 Å². The van der Waals surface area contributed by atoms with Gasteiger partial charge in [-0.15, -0.1) is 0 Å². The highest BCUT2D eigenvalue weighted by Gasteiger charge is 2.31. The zero-order valence-corrected chi connectivity index (χ0v) is 18.1. The highest BCUT2D eigenvalue weighted by atomic mass is 16.5. The van der Waals surface area contributed by atoms with Crippen LogP contribution >= 0.6 is 0 Å². The van der Waals surface area contributed by atoms with Crippen molar-refractivity contribution in [2.24, 2.45) is 5.92 Å². The zero-order valence-electron chi connectivity index (χ0n) is 18.1. The van der Waals surface area contributed by atoms with E-state index in [-0.39, 0.29) is 17.7 Å². The van der Waals surface area contributed by atoms with Crippen molar-refractivity contribution in [3.8, 4) is 5.75 Å². The van der Waals surface area contributed by atoms with Crippen LogP contribution in [-0.4, -0.2) is 48.9 Å². The molecule has 0 radical (unpaired) electrons. The number of amides is 2. The minimum atomic E-state index is -0.170. The number of benzene rings is 3. The van der Waals surface area contributed by atoms with Gasteiger partial charge in [0.1, 0.15) is 5.75 Å². The summed E-state index contributed by atoms with van der Waals surface area (Å²) in [5.41, 5.74) is 1.76. The molecule has 0 aromatic heterocycles. The molecule has 1 heterocycles. The first-order valence-corrected chi connectivity index (χ1v) is 10.7. The number of likely N-dealkylation sites (tertiary alicyclic amines) is 1. The molecule has 3 aromatic carbocycles. The largest absolute Gasteiger partial charge is 0.496 e. The van der Waals surface area contributed by atoms with E-state index in [0.29, 0.717) is 25.2 Å². The van der Waals surface area contributed by atoms with Crippen molar-refractivity contribution in [3.05, 3.63) is 77.9 Å². The SMILES string of the molecule is COc1ccc(C(=O)N2CCC[C@@H](C(=O)N(C)Cc3ccccc3)C2)c2ccccc12. The molecule has 160 valence electrons. The highest BCUT2D eigenvalue weighted by molar-refractivity contribution is 6.08. The van der Waals surface area contributed by atoms with Crippen LogP contribution in [0.25, 0.3) is 10.8 Å². The molecule has 4 rings (SSSR count). The summed E-state index contributed by atoms with van der Waals surface area (Å²) in [6, 6.07) is 21.4. The van der Waals surface area contributed by atoms with Crippen molar-refractivity contribution in [3.63, 3.8) is 0 Å². The molecule has 1 saturated heterocycles. The van der Waals surface area contributed by atoms with Gasteiger partial charge >= 0.3 is 0 Å². The van der Waals surface area contributed by atoms with Crippen LogP contribution in [0, 0.1) is 5.92 Å². The summed E-state index contributed by atoms with van der Waals surface area (Å²) in [4.78, 5) is 30.1. The predicted octanol–water partition coefficient (Wildman–Crippen LogP) is 4.36. The second kappa shape index (κ2) is 9.21. The van der Waals surface area contributed by atoms with E-state index in [2.05, 4.69) is 0 Å². The molecule has 5 nitrogen and oxygen atoms in total. The maximum absolute atomic E-state index is 13.4. The third-order valence-corrected chi connectivity index (χ3v) is 6.03. The second-order valence-corrected chi connectivity index (χ2v) is 8.13. The van der Waals surface area contributed by atoms with Crippen molar-refractivity contribution >= 4 is 22.6 Å². The van der Waals surface area contributed by atoms with Gasteiger partial charge in [0.15, 0.2) is 0 Å². The summed E-state index contributed by atoms with van der Waals surface area (Å²) in [7, 11) is 3.48. The topological polar surface area (TPSA) is 49.9 Å². The van der Waals surface area contributed by atoms with Crippen LogP contribution in [0.5, 0.6) is 5.75 Å². The third-order valence-electron chi connectivity index (χ3n) is 6.03. The van der Waals surface area contributed by atoms with Crippen LogP contribution in [0.15, 0.2) is 66.7 Å². The normalized spacial score (nSPS) is 16.2. The van der Waals surface area contributed by atoms with Crippen LogP contribution < -0.4 is 4.74 Å². The van der Waals surface area contributed by atoms with Gasteiger partial charge in [-0.2, -0.15) is 0 Å². The van der Waals surface area contributed by atoms with Crippen molar-refractivity contribution in [1.29, 1.82) is 0 Å². The predicted molar refractivity (Wildman–Crippen MR) is 122 cm³/mol. The van der Waals surface area contributed by atoms with Gasteiger partial charge in [0, 0.05) is 37.6 Å². The minimum Gasteiger partial charge on any atom is -0.496 e.